The van der Waals surface area contributed by atoms with Crippen LogP contribution in [0.1, 0.15) is 0 Å². The smallest absolute Gasteiger partial charge is 0.311 e. The van der Waals surface area contributed by atoms with E-state index in [9.17, 15) is 10.1 Å². The molecule has 0 heterocycles. The van der Waals surface area contributed by atoms with Crippen molar-refractivity contribution in [3.63, 3.8) is 0 Å². The summed E-state index contributed by atoms with van der Waals surface area (Å²) in [7, 11) is 1.08. The van der Waals surface area contributed by atoms with Gasteiger partial charge in [-0.2, -0.15) is 0 Å². The van der Waals surface area contributed by atoms with Crippen molar-refractivity contribution in [2.75, 3.05) is 13.4 Å². The molecule has 0 saturated carbocycles. The topological polar surface area (TPSA) is 61.6 Å². The van der Waals surface area contributed by atoms with Gasteiger partial charge in [-0.25, -0.2) is 0 Å². The Morgan fingerprint density at radius 3 is 2.80 bits per heavy atom. The maximum absolute atomic E-state index is 10.6. The second-order valence-corrected chi connectivity index (χ2v) is 3.90. The van der Waals surface area contributed by atoms with Gasteiger partial charge in [-0.15, -0.1) is 0 Å². The first-order valence-electron chi connectivity index (χ1n) is 4.69. The highest BCUT2D eigenvalue weighted by Crippen LogP contribution is 2.25. The van der Waals surface area contributed by atoms with Crippen molar-refractivity contribution in [2.45, 2.75) is 6.04 Å². The summed E-state index contributed by atoms with van der Waals surface area (Å²) in [6.07, 6.45) is 0. The van der Waals surface area contributed by atoms with E-state index in [1.54, 1.807) is 18.2 Å². The van der Waals surface area contributed by atoms with E-state index in [4.69, 9.17) is 9.47 Å². The number of nitro benzene ring substituents is 1. The normalized spacial score (nSPS) is 10.1. The quantitative estimate of drug-likeness (QED) is 0.236. The summed E-state index contributed by atoms with van der Waals surface area (Å²) in [6.45, 7) is 0.708. The molecule has 0 fully saturated rings. The molecule has 0 radical (unpaired) electrons. The van der Waals surface area contributed by atoms with Crippen LogP contribution < -0.4 is 4.74 Å². The molecule has 0 aliphatic heterocycles. The molecule has 0 aliphatic carbocycles. The van der Waals surface area contributed by atoms with Gasteiger partial charge in [0.2, 0.25) is 0 Å². The van der Waals surface area contributed by atoms with Gasteiger partial charge in [-0.05, 0) is 12.1 Å². The number of nitrogens with zero attached hydrogens (tertiary/aromatic N) is 1. The summed E-state index contributed by atoms with van der Waals surface area (Å²) in [4.78, 5) is 10.1. The van der Waals surface area contributed by atoms with Crippen LogP contribution in [-0.2, 0) is 4.74 Å². The molecule has 0 N–H and O–H groups in total. The van der Waals surface area contributed by atoms with Crippen LogP contribution >= 0.6 is 0 Å². The second-order valence-electron chi connectivity index (χ2n) is 2.90. The molecule has 15 heavy (non-hydrogen) atoms. The van der Waals surface area contributed by atoms with E-state index in [0.29, 0.717) is 6.61 Å². The molecule has 0 aromatic heterocycles. The number of ether oxygens (including phenoxy) is 2. The predicted octanol–water partition coefficient (Wildman–Crippen LogP) is 0.731. The van der Waals surface area contributed by atoms with Crippen molar-refractivity contribution in [2.24, 2.45) is 0 Å². The Hall–Kier alpha value is -1.40. The number of hydrogen-bond acceptors (Lipinski definition) is 4. The standard InChI is InChI=1S/C9H13NO4Si/c11-10(12)8-3-1-2-4-9(8)14-7-13-5-6-15/h1-4H,5-7H2,15H3. The Kier molecular flexibility index (Phi) is 4.79. The van der Waals surface area contributed by atoms with Gasteiger partial charge in [0, 0.05) is 22.9 Å². The van der Waals surface area contributed by atoms with Gasteiger partial charge in [-0.3, -0.25) is 10.1 Å². The average molecular weight is 227 g/mol. The average Bonchev–Trinajstić information content (AvgIpc) is 2.25. The molecule has 0 aliphatic rings. The molecule has 0 unspecified atom stereocenters. The minimum absolute atomic E-state index is 0.0352. The van der Waals surface area contributed by atoms with Gasteiger partial charge in [0.15, 0.2) is 12.5 Å². The van der Waals surface area contributed by atoms with Crippen molar-refractivity contribution >= 4 is 15.9 Å². The summed E-state index contributed by atoms with van der Waals surface area (Å²) in [5.74, 6) is 0.246. The van der Waals surface area contributed by atoms with E-state index in [1.165, 1.54) is 6.07 Å². The minimum atomic E-state index is -0.470. The third-order valence-corrected chi connectivity index (χ3v) is 2.12. The highest BCUT2D eigenvalue weighted by Gasteiger charge is 2.12. The van der Waals surface area contributed by atoms with Crippen LogP contribution in [0.4, 0.5) is 5.69 Å². The molecule has 0 bridgehead atoms. The van der Waals surface area contributed by atoms with Crippen LogP contribution in [0.3, 0.4) is 0 Å². The third kappa shape index (κ3) is 3.68. The van der Waals surface area contributed by atoms with E-state index in [1.807, 2.05) is 0 Å². The van der Waals surface area contributed by atoms with Crippen LogP contribution in [0.2, 0.25) is 6.04 Å². The van der Waals surface area contributed by atoms with Gasteiger partial charge >= 0.3 is 5.69 Å². The monoisotopic (exact) mass is 227 g/mol. The van der Waals surface area contributed by atoms with Gasteiger partial charge in [0.1, 0.15) is 0 Å². The molecule has 6 heteroatoms. The van der Waals surface area contributed by atoms with E-state index in [0.717, 1.165) is 16.3 Å². The summed E-state index contributed by atoms with van der Waals surface area (Å²) in [5, 5.41) is 10.6. The number of para-hydroxylation sites is 2. The molecule has 1 aromatic rings. The summed E-state index contributed by atoms with van der Waals surface area (Å²) >= 11 is 0. The van der Waals surface area contributed by atoms with Crippen molar-refractivity contribution < 1.29 is 14.4 Å². The fraction of sp³-hybridized carbons (Fsp3) is 0.333. The van der Waals surface area contributed by atoms with Crippen LogP contribution in [0, 0.1) is 10.1 Å². The lowest BCUT2D eigenvalue weighted by Crippen LogP contribution is -2.05. The fourth-order valence-electron chi connectivity index (χ4n) is 1.04. The summed E-state index contributed by atoms with van der Waals surface area (Å²) in [5.41, 5.74) is -0.0352. The number of benzene rings is 1. The Morgan fingerprint density at radius 2 is 2.13 bits per heavy atom. The first kappa shape index (κ1) is 11.7. The maximum atomic E-state index is 10.6. The largest absolute Gasteiger partial charge is 0.460 e. The lowest BCUT2D eigenvalue weighted by molar-refractivity contribution is -0.386. The van der Waals surface area contributed by atoms with E-state index in [-0.39, 0.29) is 18.2 Å². The number of rotatable bonds is 6. The zero-order chi connectivity index (χ0) is 11.1. The first-order chi connectivity index (χ1) is 7.25. The van der Waals surface area contributed by atoms with Crippen molar-refractivity contribution in [1.29, 1.82) is 0 Å². The van der Waals surface area contributed by atoms with Crippen molar-refractivity contribution in [1.82, 2.24) is 0 Å². The molecular formula is C9H13NO4Si. The molecule has 1 rings (SSSR count). The molecule has 0 spiro atoms. The van der Waals surface area contributed by atoms with E-state index < -0.39 is 4.92 Å². The highest BCUT2D eigenvalue weighted by atomic mass is 28.1. The summed E-state index contributed by atoms with van der Waals surface area (Å²) < 4.78 is 10.3. The predicted molar refractivity (Wildman–Crippen MR) is 59.3 cm³/mol. The van der Waals surface area contributed by atoms with Crippen LogP contribution in [-0.4, -0.2) is 28.6 Å². The van der Waals surface area contributed by atoms with Crippen molar-refractivity contribution in [3.8, 4) is 5.75 Å². The van der Waals surface area contributed by atoms with Crippen LogP contribution in [0.25, 0.3) is 0 Å². The minimum Gasteiger partial charge on any atom is -0.460 e. The van der Waals surface area contributed by atoms with Gasteiger partial charge in [-0.1, -0.05) is 12.1 Å². The number of hydrogen-bond donors (Lipinski definition) is 0. The van der Waals surface area contributed by atoms with E-state index >= 15 is 0 Å². The second kappa shape index (κ2) is 6.15. The van der Waals surface area contributed by atoms with Crippen molar-refractivity contribution in [3.05, 3.63) is 34.4 Å². The maximum Gasteiger partial charge on any atom is 0.311 e. The lowest BCUT2D eigenvalue weighted by Gasteiger charge is -2.06. The summed E-state index contributed by atoms with van der Waals surface area (Å²) in [6, 6.07) is 7.28. The molecule has 0 atom stereocenters. The SMILES string of the molecule is O=[N+]([O-])c1ccccc1OCOCC[SiH3]. The Morgan fingerprint density at radius 1 is 1.40 bits per heavy atom. The zero-order valence-electron chi connectivity index (χ0n) is 8.51. The zero-order valence-corrected chi connectivity index (χ0v) is 10.5. The first-order valence-corrected chi connectivity index (χ1v) is 6.11. The van der Waals surface area contributed by atoms with Gasteiger partial charge in [0.05, 0.1) is 4.92 Å². The molecule has 5 nitrogen and oxygen atoms in total. The Bertz CT molecular complexity index is 332. The molecule has 82 valence electrons. The Balaban J connectivity index is 2.56. The van der Waals surface area contributed by atoms with Crippen LogP contribution in [0.15, 0.2) is 24.3 Å². The molecule has 0 amide bonds. The van der Waals surface area contributed by atoms with Gasteiger partial charge < -0.3 is 9.47 Å². The number of nitro groups is 1. The molecular weight excluding hydrogens is 214 g/mol. The highest BCUT2D eigenvalue weighted by molar-refractivity contribution is 6.08. The fourth-order valence-corrected chi connectivity index (χ4v) is 1.33. The van der Waals surface area contributed by atoms with Gasteiger partial charge in [0.25, 0.3) is 0 Å². The molecule has 1 aromatic carbocycles. The lowest BCUT2D eigenvalue weighted by atomic mass is 10.3. The Labute approximate surface area is 90.6 Å². The molecule has 0 saturated heterocycles. The van der Waals surface area contributed by atoms with E-state index in [2.05, 4.69) is 0 Å². The third-order valence-electron chi connectivity index (χ3n) is 1.71. The van der Waals surface area contributed by atoms with Crippen LogP contribution in [0.5, 0.6) is 5.75 Å².